The van der Waals surface area contributed by atoms with E-state index in [4.69, 9.17) is 4.74 Å². The van der Waals surface area contributed by atoms with Crippen molar-refractivity contribution in [2.45, 2.75) is 63.8 Å². The van der Waals surface area contributed by atoms with E-state index in [0.29, 0.717) is 18.2 Å². The molecule has 2 aliphatic rings. The normalized spacial score (nSPS) is 22.8. The predicted octanol–water partition coefficient (Wildman–Crippen LogP) is 4.37. The van der Waals surface area contributed by atoms with Crippen molar-refractivity contribution < 1.29 is 18.3 Å². The zero-order chi connectivity index (χ0) is 16.8. The number of hydrogen-bond acceptors (Lipinski definition) is 3. The van der Waals surface area contributed by atoms with Gasteiger partial charge in [-0.2, -0.15) is 5.10 Å². The Bertz CT molecular complexity index is 616. The molecule has 2 fully saturated rings. The standard InChI is InChI=1S/C16H21F2IN2O2/c1-15(7-16(17,18)8-15)9-21-13(14(22)23-2)11(19)12(20-21)10-5-3-4-6-10/h10H,3-9H2,1-2H3. The molecule has 23 heavy (non-hydrogen) atoms. The molecule has 0 unspecified atom stereocenters. The van der Waals surface area contributed by atoms with Gasteiger partial charge in [0.15, 0.2) is 5.69 Å². The van der Waals surface area contributed by atoms with Gasteiger partial charge in [-0.25, -0.2) is 13.6 Å². The van der Waals surface area contributed by atoms with Gasteiger partial charge in [0.1, 0.15) is 0 Å². The molecule has 0 bridgehead atoms. The topological polar surface area (TPSA) is 44.1 Å². The highest BCUT2D eigenvalue weighted by Gasteiger charge is 2.54. The number of alkyl halides is 2. The zero-order valence-electron chi connectivity index (χ0n) is 13.4. The van der Waals surface area contributed by atoms with Gasteiger partial charge in [0, 0.05) is 25.3 Å². The summed E-state index contributed by atoms with van der Waals surface area (Å²) in [4.78, 5) is 12.2. The van der Waals surface area contributed by atoms with Crippen LogP contribution in [0.1, 0.15) is 67.5 Å². The van der Waals surface area contributed by atoms with E-state index in [9.17, 15) is 13.6 Å². The summed E-state index contributed by atoms with van der Waals surface area (Å²) >= 11 is 2.15. The van der Waals surface area contributed by atoms with Crippen LogP contribution in [0.3, 0.4) is 0 Å². The molecule has 0 amide bonds. The van der Waals surface area contributed by atoms with E-state index in [1.165, 1.54) is 20.0 Å². The summed E-state index contributed by atoms with van der Waals surface area (Å²) in [5.41, 5.74) is 0.818. The van der Waals surface area contributed by atoms with Gasteiger partial charge in [-0.05, 0) is 40.8 Å². The van der Waals surface area contributed by atoms with Gasteiger partial charge in [0.2, 0.25) is 5.92 Å². The minimum atomic E-state index is -2.59. The van der Waals surface area contributed by atoms with E-state index in [0.717, 1.165) is 22.1 Å². The molecule has 0 aliphatic heterocycles. The van der Waals surface area contributed by atoms with Crippen LogP contribution in [-0.4, -0.2) is 28.8 Å². The van der Waals surface area contributed by atoms with Gasteiger partial charge in [0.25, 0.3) is 0 Å². The zero-order valence-corrected chi connectivity index (χ0v) is 15.5. The molecule has 1 aromatic rings. The minimum absolute atomic E-state index is 0.157. The highest BCUT2D eigenvalue weighted by molar-refractivity contribution is 14.1. The molecule has 0 aromatic carbocycles. The fraction of sp³-hybridized carbons (Fsp3) is 0.750. The van der Waals surface area contributed by atoms with E-state index in [-0.39, 0.29) is 12.8 Å². The maximum absolute atomic E-state index is 13.3. The number of halogens is 3. The average molecular weight is 438 g/mol. The molecule has 0 saturated heterocycles. The maximum Gasteiger partial charge on any atom is 0.357 e. The molecule has 7 heteroatoms. The van der Waals surface area contributed by atoms with Crippen LogP contribution in [0.2, 0.25) is 0 Å². The molecular weight excluding hydrogens is 417 g/mol. The van der Waals surface area contributed by atoms with E-state index >= 15 is 0 Å². The largest absolute Gasteiger partial charge is 0.464 e. The van der Waals surface area contributed by atoms with Crippen molar-refractivity contribution in [3.05, 3.63) is 15.0 Å². The fourth-order valence-corrected chi connectivity index (χ4v) is 5.04. The van der Waals surface area contributed by atoms with Gasteiger partial charge in [0.05, 0.1) is 16.4 Å². The van der Waals surface area contributed by atoms with Crippen molar-refractivity contribution in [1.29, 1.82) is 0 Å². The second-order valence-electron chi connectivity index (χ2n) is 7.20. The highest BCUT2D eigenvalue weighted by Crippen LogP contribution is 2.52. The van der Waals surface area contributed by atoms with Crippen molar-refractivity contribution in [2.24, 2.45) is 5.41 Å². The fourth-order valence-electron chi connectivity index (χ4n) is 4.00. The Morgan fingerprint density at radius 3 is 2.52 bits per heavy atom. The van der Waals surface area contributed by atoms with Crippen molar-refractivity contribution in [2.75, 3.05) is 7.11 Å². The van der Waals surface area contributed by atoms with Gasteiger partial charge < -0.3 is 4.74 Å². The van der Waals surface area contributed by atoms with E-state index in [1.807, 2.05) is 6.92 Å². The first kappa shape index (κ1) is 17.1. The number of methoxy groups -OCH3 is 1. The lowest BCUT2D eigenvalue weighted by atomic mass is 9.67. The number of nitrogens with zero attached hydrogens (tertiary/aromatic N) is 2. The van der Waals surface area contributed by atoms with Crippen LogP contribution < -0.4 is 0 Å². The summed E-state index contributed by atoms with van der Waals surface area (Å²) in [5.74, 6) is -2.67. The molecule has 4 nitrogen and oxygen atoms in total. The number of carbonyl (C=O) groups excluding carboxylic acids is 1. The summed E-state index contributed by atoms with van der Waals surface area (Å²) in [5, 5.41) is 4.64. The number of carbonyl (C=O) groups is 1. The first-order valence-electron chi connectivity index (χ1n) is 7.97. The lowest BCUT2D eigenvalue weighted by Gasteiger charge is -2.44. The van der Waals surface area contributed by atoms with E-state index in [2.05, 4.69) is 27.7 Å². The van der Waals surface area contributed by atoms with Crippen LogP contribution in [0.25, 0.3) is 0 Å². The summed E-state index contributed by atoms with van der Waals surface area (Å²) in [7, 11) is 1.34. The van der Waals surface area contributed by atoms with E-state index < -0.39 is 17.3 Å². The second-order valence-corrected chi connectivity index (χ2v) is 8.28. The van der Waals surface area contributed by atoms with E-state index in [1.54, 1.807) is 4.68 Å². The van der Waals surface area contributed by atoms with Gasteiger partial charge in [-0.1, -0.05) is 19.8 Å². The third-order valence-corrected chi connectivity index (χ3v) is 6.01. The van der Waals surface area contributed by atoms with Gasteiger partial charge in [-0.15, -0.1) is 0 Å². The van der Waals surface area contributed by atoms with Crippen LogP contribution in [-0.2, 0) is 11.3 Å². The Balaban J connectivity index is 1.91. The predicted molar refractivity (Wildman–Crippen MR) is 89.8 cm³/mol. The first-order chi connectivity index (χ1) is 10.7. The molecule has 2 saturated carbocycles. The average Bonchev–Trinajstić information content (AvgIpc) is 3.03. The Labute approximate surface area is 148 Å². The lowest BCUT2D eigenvalue weighted by molar-refractivity contribution is -0.160. The summed E-state index contributed by atoms with van der Waals surface area (Å²) in [6.07, 6.45) is 4.17. The number of ether oxygens (including phenoxy) is 1. The molecule has 0 radical (unpaired) electrons. The van der Waals surface area contributed by atoms with Crippen LogP contribution >= 0.6 is 22.6 Å². The molecule has 2 aliphatic carbocycles. The van der Waals surface area contributed by atoms with Gasteiger partial charge >= 0.3 is 5.97 Å². The molecule has 0 spiro atoms. The molecule has 3 rings (SSSR count). The molecule has 1 heterocycles. The Kier molecular flexibility index (Phi) is 4.44. The SMILES string of the molecule is COC(=O)c1c(I)c(C2CCCC2)nn1CC1(C)CC(F)(F)C1. The first-order valence-corrected chi connectivity index (χ1v) is 9.05. The second kappa shape index (κ2) is 5.97. The summed E-state index contributed by atoms with van der Waals surface area (Å²) in [6, 6.07) is 0. The Morgan fingerprint density at radius 1 is 1.39 bits per heavy atom. The Hall–Kier alpha value is -0.730. The van der Waals surface area contributed by atoms with Crippen molar-refractivity contribution in [3.63, 3.8) is 0 Å². The highest BCUT2D eigenvalue weighted by atomic mass is 127. The molecule has 128 valence electrons. The Morgan fingerprint density at radius 2 is 2.00 bits per heavy atom. The summed E-state index contributed by atoms with van der Waals surface area (Å²) < 4.78 is 33.8. The minimum Gasteiger partial charge on any atom is -0.464 e. The van der Waals surface area contributed by atoms with Crippen LogP contribution in [0, 0.1) is 8.99 Å². The molecule has 1 aromatic heterocycles. The third-order valence-electron chi connectivity index (χ3n) is 4.94. The number of aromatic nitrogens is 2. The van der Waals surface area contributed by atoms with Gasteiger partial charge in [-0.3, -0.25) is 4.68 Å². The maximum atomic E-state index is 13.3. The molecular formula is C16H21F2IN2O2. The van der Waals surface area contributed by atoms with Crippen LogP contribution in [0.15, 0.2) is 0 Å². The summed E-state index contributed by atoms with van der Waals surface area (Å²) in [6.45, 7) is 2.16. The number of esters is 1. The monoisotopic (exact) mass is 438 g/mol. The lowest BCUT2D eigenvalue weighted by Crippen LogP contribution is -2.47. The third kappa shape index (κ3) is 3.25. The van der Waals surface area contributed by atoms with Crippen molar-refractivity contribution in [3.8, 4) is 0 Å². The van der Waals surface area contributed by atoms with Crippen molar-refractivity contribution in [1.82, 2.24) is 9.78 Å². The quantitative estimate of drug-likeness (QED) is 0.518. The van der Waals surface area contributed by atoms with Crippen LogP contribution in [0.5, 0.6) is 0 Å². The number of rotatable bonds is 4. The smallest absolute Gasteiger partial charge is 0.357 e. The molecule has 0 atom stereocenters. The molecule has 0 N–H and O–H groups in total. The number of hydrogen-bond donors (Lipinski definition) is 0. The van der Waals surface area contributed by atoms with Crippen molar-refractivity contribution >= 4 is 28.6 Å². The van der Waals surface area contributed by atoms with Crippen LogP contribution in [0.4, 0.5) is 8.78 Å².